The van der Waals surface area contributed by atoms with Crippen molar-refractivity contribution in [1.82, 2.24) is 5.32 Å². The molecule has 0 spiro atoms. The average molecular weight is 323 g/mol. The average Bonchev–Trinajstić information content (AvgIpc) is 2.48. The maximum atomic E-state index is 11.5. The van der Waals surface area contributed by atoms with E-state index in [1.165, 1.54) is 0 Å². The first kappa shape index (κ1) is 18.8. The van der Waals surface area contributed by atoms with Crippen molar-refractivity contribution in [2.24, 2.45) is 0 Å². The second-order valence-electron chi connectivity index (χ2n) is 6.09. The molecule has 6 heteroatoms. The van der Waals surface area contributed by atoms with Crippen molar-refractivity contribution in [3.05, 3.63) is 24.3 Å². The van der Waals surface area contributed by atoms with Gasteiger partial charge in [0.15, 0.2) is 6.61 Å². The van der Waals surface area contributed by atoms with Crippen LogP contribution in [0.2, 0.25) is 0 Å². The highest BCUT2D eigenvalue weighted by molar-refractivity contribution is 5.80. The molecule has 1 aromatic carbocycles. The first-order valence-corrected chi connectivity index (χ1v) is 7.53. The molecule has 0 radical (unpaired) electrons. The van der Waals surface area contributed by atoms with Crippen LogP contribution in [0.3, 0.4) is 0 Å². The molecule has 0 heterocycles. The molecule has 23 heavy (non-hydrogen) atoms. The summed E-state index contributed by atoms with van der Waals surface area (Å²) >= 11 is 0. The van der Waals surface area contributed by atoms with Crippen LogP contribution >= 0.6 is 0 Å². The molecular formula is C17H25NO5. The predicted molar refractivity (Wildman–Crippen MR) is 86.6 cm³/mol. The number of hydrogen-bond acceptors (Lipinski definition) is 5. The number of amides is 1. The van der Waals surface area contributed by atoms with Gasteiger partial charge >= 0.3 is 5.97 Å². The number of carbonyl (C=O) groups is 2. The Morgan fingerprint density at radius 2 is 1.70 bits per heavy atom. The number of carbonyl (C=O) groups excluding carboxylic acids is 2. The monoisotopic (exact) mass is 323 g/mol. The smallest absolute Gasteiger partial charge is 0.306 e. The van der Waals surface area contributed by atoms with Crippen molar-refractivity contribution in [3.8, 4) is 11.5 Å². The summed E-state index contributed by atoms with van der Waals surface area (Å²) in [6.45, 7) is 5.74. The Morgan fingerprint density at radius 3 is 2.26 bits per heavy atom. The second-order valence-corrected chi connectivity index (χ2v) is 6.09. The number of nitrogens with one attached hydrogen (secondary N) is 1. The third-order valence-corrected chi connectivity index (χ3v) is 2.73. The highest BCUT2D eigenvalue weighted by Crippen LogP contribution is 2.17. The lowest BCUT2D eigenvalue weighted by Crippen LogP contribution is -2.42. The molecule has 1 amide bonds. The van der Waals surface area contributed by atoms with E-state index in [-0.39, 0.29) is 24.5 Å². The molecule has 0 bridgehead atoms. The van der Waals surface area contributed by atoms with Gasteiger partial charge in [-0.2, -0.15) is 0 Å². The van der Waals surface area contributed by atoms with Gasteiger partial charge in [-0.25, -0.2) is 0 Å². The zero-order valence-electron chi connectivity index (χ0n) is 14.2. The third-order valence-electron chi connectivity index (χ3n) is 2.73. The van der Waals surface area contributed by atoms with Crippen LogP contribution in [0.15, 0.2) is 24.3 Å². The van der Waals surface area contributed by atoms with Crippen LogP contribution in [0.25, 0.3) is 0 Å². The Morgan fingerprint density at radius 1 is 1.09 bits per heavy atom. The van der Waals surface area contributed by atoms with Gasteiger partial charge in [0.1, 0.15) is 11.5 Å². The van der Waals surface area contributed by atoms with Gasteiger partial charge in [-0.05, 0) is 51.5 Å². The minimum atomic E-state index is -0.410. The Labute approximate surface area is 137 Å². The van der Waals surface area contributed by atoms with Crippen molar-refractivity contribution < 1.29 is 23.8 Å². The van der Waals surface area contributed by atoms with Crippen molar-refractivity contribution in [3.63, 3.8) is 0 Å². The van der Waals surface area contributed by atoms with Crippen molar-refractivity contribution in [2.45, 2.75) is 39.2 Å². The minimum Gasteiger partial charge on any atom is -0.497 e. The Balaban J connectivity index is 2.15. The van der Waals surface area contributed by atoms with Crippen LogP contribution in [0.4, 0.5) is 0 Å². The molecule has 1 N–H and O–H groups in total. The van der Waals surface area contributed by atoms with Crippen LogP contribution in [0.5, 0.6) is 11.5 Å². The van der Waals surface area contributed by atoms with Crippen LogP contribution < -0.4 is 14.8 Å². The molecule has 0 atom stereocenters. The number of benzene rings is 1. The molecule has 1 aromatic rings. The maximum Gasteiger partial charge on any atom is 0.306 e. The predicted octanol–water partition coefficient (Wildman–Crippen LogP) is 2.31. The number of methoxy groups -OCH3 is 1. The topological polar surface area (TPSA) is 73.9 Å². The van der Waals surface area contributed by atoms with Gasteiger partial charge in [-0.1, -0.05) is 0 Å². The lowest BCUT2D eigenvalue weighted by Gasteiger charge is -2.20. The van der Waals surface area contributed by atoms with E-state index in [9.17, 15) is 9.59 Å². The molecule has 0 aliphatic carbocycles. The van der Waals surface area contributed by atoms with Gasteiger partial charge in [-0.3, -0.25) is 9.59 Å². The molecule has 128 valence electrons. The molecule has 0 aliphatic heterocycles. The number of ether oxygens (including phenoxy) is 3. The van der Waals surface area contributed by atoms with E-state index < -0.39 is 5.97 Å². The van der Waals surface area contributed by atoms with Crippen molar-refractivity contribution in [1.29, 1.82) is 0 Å². The fourth-order valence-corrected chi connectivity index (χ4v) is 1.75. The lowest BCUT2D eigenvalue weighted by molar-refractivity contribution is -0.149. The SMILES string of the molecule is COc1ccc(OCCCC(=O)OCC(=O)NC(C)(C)C)cc1. The second kappa shape index (κ2) is 9.02. The van der Waals surface area contributed by atoms with Gasteiger partial charge in [0.25, 0.3) is 5.91 Å². The molecule has 0 saturated carbocycles. The number of rotatable bonds is 8. The fourth-order valence-electron chi connectivity index (χ4n) is 1.75. The third kappa shape index (κ3) is 8.70. The summed E-state index contributed by atoms with van der Waals surface area (Å²) in [5, 5.41) is 2.72. The molecule has 0 unspecified atom stereocenters. The normalized spacial score (nSPS) is 10.8. The molecule has 0 aromatic heterocycles. The zero-order valence-corrected chi connectivity index (χ0v) is 14.2. The first-order valence-electron chi connectivity index (χ1n) is 7.53. The van der Waals surface area contributed by atoms with E-state index in [0.29, 0.717) is 18.8 Å². The Bertz CT molecular complexity index is 505. The van der Waals surface area contributed by atoms with Gasteiger partial charge in [0.05, 0.1) is 13.7 Å². The quantitative estimate of drug-likeness (QED) is 0.587. The molecule has 0 fully saturated rings. The van der Waals surface area contributed by atoms with E-state index in [4.69, 9.17) is 14.2 Å². The summed E-state index contributed by atoms with van der Waals surface area (Å²) in [5.74, 6) is 0.755. The molecule has 1 rings (SSSR count). The summed E-state index contributed by atoms with van der Waals surface area (Å²) < 4.78 is 15.5. The number of hydrogen-bond donors (Lipinski definition) is 1. The summed E-state index contributed by atoms with van der Waals surface area (Å²) in [6, 6.07) is 7.21. The summed E-state index contributed by atoms with van der Waals surface area (Å²) in [6.07, 6.45) is 0.727. The Kier molecular flexibility index (Phi) is 7.38. The molecule has 0 saturated heterocycles. The Hall–Kier alpha value is -2.24. The summed E-state index contributed by atoms with van der Waals surface area (Å²) in [5.41, 5.74) is -0.338. The summed E-state index contributed by atoms with van der Waals surface area (Å²) in [4.78, 5) is 23.0. The van der Waals surface area contributed by atoms with Crippen LogP contribution in [0.1, 0.15) is 33.6 Å². The highest BCUT2D eigenvalue weighted by atomic mass is 16.5. The van der Waals surface area contributed by atoms with E-state index in [2.05, 4.69) is 5.32 Å². The number of esters is 1. The molecular weight excluding hydrogens is 298 g/mol. The highest BCUT2D eigenvalue weighted by Gasteiger charge is 2.15. The van der Waals surface area contributed by atoms with Crippen LogP contribution in [-0.4, -0.2) is 37.7 Å². The minimum absolute atomic E-state index is 0.207. The van der Waals surface area contributed by atoms with Gasteiger partial charge < -0.3 is 19.5 Å². The van der Waals surface area contributed by atoms with Crippen LogP contribution in [-0.2, 0) is 14.3 Å². The van der Waals surface area contributed by atoms with E-state index >= 15 is 0 Å². The first-order chi connectivity index (χ1) is 10.8. The van der Waals surface area contributed by atoms with Gasteiger partial charge in [0.2, 0.25) is 0 Å². The lowest BCUT2D eigenvalue weighted by atomic mass is 10.1. The molecule has 0 aliphatic rings. The molecule has 6 nitrogen and oxygen atoms in total. The van der Waals surface area contributed by atoms with E-state index in [1.54, 1.807) is 31.4 Å². The largest absolute Gasteiger partial charge is 0.497 e. The fraction of sp³-hybridized carbons (Fsp3) is 0.529. The zero-order chi connectivity index (χ0) is 17.3. The van der Waals surface area contributed by atoms with Crippen molar-refractivity contribution in [2.75, 3.05) is 20.3 Å². The summed E-state index contributed by atoms with van der Waals surface area (Å²) in [7, 11) is 1.60. The van der Waals surface area contributed by atoms with Gasteiger partial charge in [0, 0.05) is 12.0 Å². The van der Waals surface area contributed by atoms with E-state index in [1.807, 2.05) is 20.8 Å². The van der Waals surface area contributed by atoms with E-state index in [0.717, 1.165) is 5.75 Å². The van der Waals surface area contributed by atoms with Gasteiger partial charge in [-0.15, -0.1) is 0 Å². The standard InChI is InChI=1S/C17H25NO5/c1-17(2,3)18-15(19)12-23-16(20)6-5-11-22-14-9-7-13(21-4)8-10-14/h7-10H,5-6,11-12H2,1-4H3,(H,18,19). The maximum absolute atomic E-state index is 11.5. The van der Waals surface area contributed by atoms with Crippen molar-refractivity contribution >= 4 is 11.9 Å². The van der Waals surface area contributed by atoms with Crippen LogP contribution in [0, 0.1) is 0 Å².